The maximum absolute atomic E-state index is 14.9. The van der Waals surface area contributed by atoms with Crippen LogP contribution < -0.4 is 20.7 Å². The van der Waals surface area contributed by atoms with Gasteiger partial charge in [-0.15, -0.1) is 0 Å². The summed E-state index contributed by atoms with van der Waals surface area (Å²) in [5.74, 6) is -2.83. The van der Waals surface area contributed by atoms with Crippen LogP contribution in [0.3, 0.4) is 0 Å². The van der Waals surface area contributed by atoms with Crippen molar-refractivity contribution in [2.45, 2.75) is 38.4 Å². The molecule has 5 amide bonds. The van der Waals surface area contributed by atoms with Crippen molar-refractivity contribution in [2.75, 3.05) is 12.4 Å². The minimum absolute atomic E-state index is 0.000526. The lowest BCUT2D eigenvalue weighted by Crippen LogP contribution is -2.54. The zero-order valence-corrected chi connectivity index (χ0v) is 22.2. The Labute approximate surface area is 234 Å². The van der Waals surface area contributed by atoms with Crippen molar-refractivity contribution in [3.8, 4) is 5.75 Å². The maximum Gasteiger partial charge on any atom is 0.262 e. The van der Waals surface area contributed by atoms with Gasteiger partial charge in [0.05, 0.1) is 30.3 Å². The Morgan fingerprint density at radius 1 is 0.951 bits per heavy atom. The number of rotatable bonds is 9. The predicted molar refractivity (Wildman–Crippen MR) is 145 cm³/mol. The van der Waals surface area contributed by atoms with Crippen LogP contribution in [0.1, 0.15) is 50.2 Å². The molecule has 210 valence electrons. The molecule has 0 bridgehead atoms. The number of nitrogens with zero attached hydrogens (tertiary/aromatic N) is 1. The van der Waals surface area contributed by atoms with Crippen LogP contribution in [0.2, 0.25) is 0 Å². The van der Waals surface area contributed by atoms with Crippen molar-refractivity contribution < 1.29 is 33.1 Å². The SMILES string of the molecule is COc1cccc(CC(=O)NCc2ccc(CNc3cc4c(cc3F)C(=O)N(C3CCC(=O)NC3=O)C4=O)cc2)c1. The van der Waals surface area contributed by atoms with Gasteiger partial charge in [0.25, 0.3) is 11.8 Å². The summed E-state index contributed by atoms with van der Waals surface area (Å²) in [6.07, 6.45) is 0.246. The van der Waals surface area contributed by atoms with Crippen molar-refractivity contribution >= 4 is 35.2 Å². The molecule has 3 N–H and O–H groups in total. The number of imide groups is 2. The number of carbonyl (C=O) groups is 5. The molecule has 1 atom stereocenters. The minimum atomic E-state index is -1.12. The molecule has 3 aromatic carbocycles. The smallest absolute Gasteiger partial charge is 0.262 e. The zero-order chi connectivity index (χ0) is 29.1. The van der Waals surface area contributed by atoms with Gasteiger partial charge < -0.3 is 15.4 Å². The van der Waals surface area contributed by atoms with Gasteiger partial charge in [0.15, 0.2) is 0 Å². The number of nitrogens with one attached hydrogen (secondary N) is 3. The normalized spacial score (nSPS) is 16.3. The number of anilines is 1. The molecule has 11 heteroatoms. The third-order valence-corrected chi connectivity index (χ3v) is 7.02. The molecule has 1 saturated heterocycles. The van der Waals surface area contributed by atoms with E-state index < -0.39 is 35.5 Å². The van der Waals surface area contributed by atoms with Crippen LogP contribution in [0.5, 0.6) is 5.75 Å². The average molecular weight is 559 g/mol. The van der Waals surface area contributed by atoms with Gasteiger partial charge in [-0.1, -0.05) is 36.4 Å². The number of ether oxygens (including phenoxy) is 1. The van der Waals surface area contributed by atoms with E-state index >= 15 is 0 Å². The molecule has 0 saturated carbocycles. The third-order valence-electron chi connectivity index (χ3n) is 7.02. The highest BCUT2D eigenvalue weighted by Gasteiger charge is 2.45. The predicted octanol–water partition coefficient (Wildman–Crippen LogP) is 2.71. The van der Waals surface area contributed by atoms with Crippen LogP contribution in [0.25, 0.3) is 0 Å². The van der Waals surface area contributed by atoms with Crippen molar-refractivity contribution in [1.29, 1.82) is 0 Å². The fourth-order valence-electron chi connectivity index (χ4n) is 4.83. The Kier molecular flexibility index (Phi) is 7.77. The molecule has 0 radical (unpaired) electrons. The number of hydrogen-bond donors (Lipinski definition) is 3. The highest BCUT2D eigenvalue weighted by atomic mass is 19.1. The second-order valence-corrected chi connectivity index (χ2v) is 9.80. The van der Waals surface area contributed by atoms with Gasteiger partial charge in [-0.3, -0.25) is 34.2 Å². The summed E-state index contributed by atoms with van der Waals surface area (Å²) in [5, 5.41) is 7.96. The van der Waals surface area contributed by atoms with Crippen LogP contribution in [0.4, 0.5) is 10.1 Å². The topological polar surface area (TPSA) is 134 Å². The first-order valence-corrected chi connectivity index (χ1v) is 13.0. The zero-order valence-electron chi connectivity index (χ0n) is 22.2. The van der Waals surface area contributed by atoms with E-state index in [2.05, 4.69) is 16.0 Å². The molecule has 0 aliphatic carbocycles. The van der Waals surface area contributed by atoms with Crippen LogP contribution in [-0.4, -0.2) is 47.6 Å². The van der Waals surface area contributed by atoms with E-state index in [1.54, 1.807) is 7.11 Å². The summed E-state index contributed by atoms with van der Waals surface area (Å²) in [4.78, 5) is 62.7. The van der Waals surface area contributed by atoms with E-state index in [-0.39, 0.29) is 48.5 Å². The summed E-state index contributed by atoms with van der Waals surface area (Å²) in [6.45, 7) is 0.576. The molecule has 2 aliphatic heterocycles. The Balaban J connectivity index is 1.17. The first-order valence-electron chi connectivity index (χ1n) is 13.0. The summed E-state index contributed by atoms with van der Waals surface area (Å²) in [6, 6.07) is 15.8. The van der Waals surface area contributed by atoms with Crippen molar-refractivity contribution in [2.24, 2.45) is 0 Å². The minimum Gasteiger partial charge on any atom is -0.497 e. The first kappa shape index (κ1) is 27.5. The quantitative estimate of drug-likeness (QED) is 0.344. The summed E-state index contributed by atoms with van der Waals surface area (Å²) in [7, 11) is 1.57. The van der Waals surface area contributed by atoms with Crippen molar-refractivity contribution in [3.05, 3.63) is 94.3 Å². The van der Waals surface area contributed by atoms with Gasteiger partial charge in [-0.2, -0.15) is 0 Å². The first-order chi connectivity index (χ1) is 19.7. The van der Waals surface area contributed by atoms with Crippen LogP contribution in [0.15, 0.2) is 60.7 Å². The molecule has 10 nitrogen and oxygen atoms in total. The summed E-state index contributed by atoms with van der Waals surface area (Å²) in [5.41, 5.74) is 2.45. The molecular weight excluding hydrogens is 531 g/mol. The molecule has 1 unspecified atom stereocenters. The second kappa shape index (κ2) is 11.6. The molecule has 1 fully saturated rings. The number of piperidine rings is 1. The lowest BCUT2D eigenvalue weighted by atomic mass is 10.0. The molecule has 2 aliphatic rings. The number of carbonyl (C=O) groups excluding carboxylic acids is 5. The Morgan fingerprint density at radius 3 is 2.32 bits per heavy atom. The number of benzene rings is 3. The van der Waals surface area contributed by atoms with E-state index in [0.717, 1.165) is 27.7 Å². The average Bonchev–Trinajstić information content (AvgIpc) is 3.19. The van der Waals surface area contributed by atoms with Crippen molar-refractivity contribution in [1.82, 2.24) is 15.5 Å². The summed E-state index contributed by atoms with van der Waals surface area (Å²) >= 11 is 0. The fourth-order valence-corrected chi connectivity index (χ4v) is 4.83. The number of fused-ring (bicyclic) bond motifs is 1. The van der Waals surface area contributed by atoms with Gasteiger partial charge >= 0.3 is 0 Å². The largest absolute Gasteiger partial charge is 0.497 e. The highest BCUT2D eigenvalue weighted by Crippen LogP contribution is 2.31. The van der Waals surface area contributed by atoms with E-state index in [1.165, 1.54) is 6.07 Å². The molecule has 41 heavy (non-hydrogen) atoms. The van der Waals surface area contributed by atoms with E-state index in [0.29, 0.717) is 12.3 Å². The number of halogens is 1. The standard InChI is InChI=1S/C30H27FN4O6/c1-41-20-4-2-3-19(11-20)12-27(37)33-16-18-7-5-17(6-8-18)15-32-24-14-22-21(13-23(24)31)29(39)35(30(22)40)25-9-10-26(36)34-28(25)38/h2-8,11,13-14,25,32H,9-10,12,15-16H2,1H3,(H,33,37)(H,34,36,38). The summed E-state index contributed by atoms with van der Waals surface area (Å²) < 4.78 is 20.1. The third kappa shape index (κ3) is 5.93. The highest BCUT2D eigenvalue weighted by molar-refractivity contribution is 6.23. The Morgan fingerprint density at radius 2 is 1.63 bits per heavy atom. The molecule has 0 spiro atoms. The van der Waals surface area contributed by atoms with Gasteiger partial charge in [0.1, 0.15) is 17.6 Å². The number of hydrogen-bond acceptors (Lipinski definition) is 7. The van der Waals surface area contributed by atoms with Gasteiger partial charge in [0.2, 0.25) is 17.7 Å². The van der Waals surface area contributed by atoms with Crippen LogP contribution >= 0.6 is 0 Å². The molecule has 5 rings (SSSR count). The van der Waals surface area contributed by atoms with Crippen LogP contribution in [-0.2, 0) is 33.9 Å². The Bertz CT molecular complexity index is 1560. The van der Waals surface area contributed by atoms with E-state index in [9.17, 15) is 28.4 Å². The Hall–Kier alpha value is -5.06. The van der Waals surface area contributed by atoms with Gasteiger partial charge in [-0.25, -0.2) is 4.39 Å². The van der Waals surface area contributed by atoms with Gasteiger partial charge in [0, 0.05) is 19.5 Å². The fraction of sp³-hybridized carbons (Fsp3) is 0.233. The second-order valence-electron chi connectivity index (χ2n) is 9.80. The number of methoxy groups -OCH3 is 1. The lowest BCUT2D eigenvalue weighted by Gasteiger charge is -2.27. The number of amides is 5. The monoisotopic (exact) mass is 558 g/mol. The van der Waals surface area contributed by atoms with Crippen LogP contribution in [0, 0.1) is 5.82 Å². The van der Waals surface area contributed by atoms with Crippen molar-refractivity contribution in [3.63, 3.8) is 0 Å². The maximum atomic E-state index is 14.9. The molecule has 0 aromatic heterocycles. The van der Waals surface area contributed by atoms with E-state index in [4.69, 9.17) is 4.74 Å². The van der Waals surface area contributed by atoms with Gasteiger partial charge in [-0.05, 0) is 47.4 Å². The van der Waals surface area contributed by atoms with E-state index in [1.807, 2.05) is 48.5 Å². The lowest BCUT2D eigenvalue weighted by molar-refractivity contribution is -0.136. The molecule has 3 aromatic rings. The molecule has 2 heterocycles. The molecular formula is C30H27FN4O6.